The molecule has 0 aromatic heterocycles. The predicted octanol–water partition coefficient (Wildman–Crippen LogP) is 2.01. The van der Waals surface area contributed by atoms with E-state index in [9.17, 15) is 4.79 Å². The SMILES string of the molecule is C#C[C@H](CC)C(=N)C(=O)OC(C)(C)C. The van der Waals surface area contributed by atoms with Crippen LogP contribution in [0.15, 0.2) is 0 Å². The minimum absolute atomic E-state index is 0.134. The standard InChI is InChI=1S/C11H17NO2/c1-6-8(7-2)9(12)10(13)14-11(3,4)5/h1,8,12H,7H2,2-5H3/t8-/m1/s1. The highest BCUT2D eigenvalue weighted by Crippen LogP contribution is 2.11. The first-order chi connectivity index (χ1) is 6.31. The van der Waals surface area contributed by atoms with Crippen LogP contribution in [-0.2, 0) is 9.53 Å². The van der Waals surface area contributed by atoms with Crippen LogP contribution in [0.5, 0.6) is 0 Å². The van der Waals surface area contributed by atoms with Crippen molar-refractivity contribution in [2.75, 3.05) is 0 Å². The molecule has 0 rings (SSSR count). The van der Waals surface area contributed by atoms with Gasteiger partial charge in [0, 0.05) is 0 Å². The van der Waals surface area contributed by atoms with Crippen molar-refractivity contribution < 1.29 is 9.53 Å². The highest BCUT2D eigenvalue weighted by atomic mass is 16.6. The lowest BCUT2D eigenvalue weighted by atomic mass is 10.0. The largest absolute Gasteiger partial charge is 0.455 e. The fourth-order valence-electron chi connectivity index (χ4n) is 0.881. The zero-order valence-corrected chi connectivity index (χ0v) is 9.18. The number of terminal acetylenes is 1. The van der Waals surface area contributed by atoms with Gasteiger partial charge in [-0.05, 0) is 27.2 Å². The Labute approximate surface area is 85.3 Å². The molecule has 0 aliphatic heterocycles. The topological polar surface area (TPSA) is 50.2 Å². The lowest BCUT2D eigenvalue weighted by Crippen LogP contribution is -2.31. The van der Waals surface area contributed by atoms with Crippen LogP contribution in [0.3, 0.4) is 0 Å². The van der Waals surface area contributed by atoms with Crippen LogP contribution in [0.2, 0.25) is 0 Å². The predicted molar refractivity (Wildman–Crippen MR) is 56.2 cm³/mol. The van der Waals surface area contributed by atoms with Gasteiger partial charge in [-0.1, -0.05) is 12.8 Å². The molecule has 14 heavy (non-hydrogen) atoms. The summed E-state index contributed by atoms with van der Waals surface area (Å²) in [6.07, 6.45) is 5.77. The second kappa shape index (κ2) is 4.80. The Balaban J connectivity index is 4.42. The Hall–Kier alpha value is -1.30. The second-order valence-corrected chi connectivity index (χ2v) is 4.04. The zero-order chi connectivity index (χ0) is 11.4. The van der Waals surface area contributed by atoms with Crippen LogP contribution in [-0.4, -0.2) is 17.3 Å². The number of rotatable bonds is 3. The molecule has 0 amide bonds. The molecule has 0 unspecified atom stereocenters. The van der Waals surface area contributed by atoms with Crippen molar-refractivity contribution in [2.45, 2.75) is 39.7 Å². The Morgan fingerprint density at radius 2 is 2.07 bits per heavy atom. The molecule has 0 saturated carbocycles. The summed E-state index contributed by atoms with van der Waals surface area (Å²) in [7, 11) is 0. The van der Waals surface area contributed by atoms with Gasteiger partial charge >= 0.3 is 5.97 Å². The first-order valence-corrected chi connectivity index (χ1v) is 4.59. The Morgan fingerprint density at radius 1 is 1.57 bits per heavy atom. The fourth-order valence-corrected chi connectivity index (χ4v) is 0.881. The quantitative estimate of drug-likeness (QED) is 0.425. The lowest BCUT2D eigenvalue weighted by Gasteiger charge is -2.20. The summed E-state index contributed by atoms with van der Waals surface area (Å²) in [5.74, 6) is 1.33. The molecule has 0 fully saturated rings. The molecule has 0 saturated heterocycles. The number of carbonyl (C=O) groups is 1. The third-order valence-corrected chi connectivity index (χ3v) is 1.58. The molecule has 3 nitrogen and oxygen atoms in total. The van der Waals surface area contributed by atoms with Crippen molar-refractivity contribution >= 4 is 11.7 Å². The molecule has 0 aromatic carbocycles. The maximum absolute atomic E-state index is 11.4. The van der Waals surface area contributed by atoms with Gasteiger partial charge in [0.1, 0.15) is 11.3 Å². The summed E-state index contributed by atoms with van der Waals surface area (Å²) in [6.45, 7) is 7.11. The number of hydrogen-bond acceptors (Lipinski definition) is 3. The van der Waals surface area contributed by atoms with E-state index in [1.165, 1.54) is 0 Å². The summed E-state index contributed by atoms with van der Waals surface area (Å²) < 4.78 is 5.03. The smallest absolute Gasteiger partial charge is 0.353 e. The van der Waals surface area contributed by atoms with Crippen molar-refractivity contribution in [1.82, 2.24) is 0 Å². The first kappa shape index (κ1) is 12.7. The van der Waals surface area contributed by atoms with E-state index < -0.39 is 17.5 Å². The number of esters is 1. The molecule has 0 bridgehead atoms. The molecular formula is C11H17NO2. The van der Waals surface area contributed by atoms with Gasteiger partial charge < -0.3 is 4.74 Å². The van der Waals surface area contributed by atoms with E-state index in [2.05, 4.69) is 5.92 Å². The summed E-state index contributed by atoms with van der Waals surface area (Å²) in [6, 6.07) is 0. The maximum atomic E-state index is 11.4. The second-order valence-electron chi connectivity index (χ2n) is 4.04. The van der Waals surface area contributed by atoms with Crippen molar-refractivity contribution in [2.24, 2.45) is 5.92 Å². The molecular weight excluding hydrogens is 178 g/mol. The molecule has 0 heterocycles. The van der Waals surface area contributed by atoms with E-state index in [0.717, 1.165) is 0 Å². The molecule has 78 valence electrons. The average Bonchev–Trinajstić information content (AvgIpc) is 2.03. The van der Waals surface area contributed by atoms with Gasteiger partial charge in [0.25, 0.3) is 0 Å². The van der Waals surface area contributed by atoms with E-state index in [0.29, 0.717) is 6.42 Å². The maximum Gasteiger partial charge on any atom is 0.353 e. The van der Waals surface area contributed by atoms with Gasteiger partial charge in [0.05, 0.1) is 5.92 Å². The van der Waals surface area contributed by atoms with Crippen LogP contribution in [0.1, 0.15) is 34.1 Å². The van der Waals surface area contributed by atoms with E-state index in [1.807, 2.05) is 6.92 Å². The van der Waals surface area contributed by atoms with E-state index in [-0.39, 0.29) is 5.71 Å². The highest BCUT2D eigenvalue weighted by Gasteiger charge is 2.24. The number of nitrogens with one attached hydrogen (secondary N) is 1. The fraction of sp³-hybridized carbons (Fsp3) is 0.636. The summed E-state index contributed by atoms with van der Waals surface area (Å²) in [5.41, 5.74) is -0.707. The van der Waals surface area contributed by atoms with Crippen molar-refractivity contribution in [3.8, 4) is 12.3 Å². The van der Waals surface area contributed by atoms with Gasteiger partial charge in [-0.15, -0.1) is 6.42 Å². The number of carbonyl (C=O) groups excluding carboxylic acids is 1. The van der Waals surface area contributed by atoms with Gasteiger partial charge in [-0.3, -0.25) is 5.41 Å². The van der Waals surface area contributed by atoms with Gasteiger partial charge in [-0.2, -0.15) is 0 Å². The molecule has 0 radical (unpaired) electrons. The van der Waals surface area contributed by atoms with E-state index in [4.69, 9.17) is 16.6 Å². The Morgan fingerprint density at radius 3 is 2.36 bits per heavy atom. The lowest BCUT2D eigenvalue weighted by molar-refractivity contribution is -0.146. The van der Waals surface area contributed by atoms with Gasteiger partial charge in [0.2, 0.25) is 0 Å². The molecule has 1 atom stereocenters. The summed E-state index contributed by atoms with van der Waals surface area (Å²) in [4.78, 5) is 11.4. The molecule has 3 heteroatoms. The third kappa shape index (κ3) is 4.08. The van der Waals surface area contributed by atoms with E-state index >= 15 is 0 Å². The van der Waals surface area contributed by atoms with Crippen LogP contribution in [0, 0.1) is 23.7 Å². The minimum Gasteiger partial charge on any atom is -0.455 e. The van der Waals surface area contributed by atoms with Crippen LogP contribution < -0.4 is 0 Å². The Kier molecular flexibility index (Phi) is 4.36. The number of ether oxygens (including phenoxy) is 1. The van der Waals surface area contributed by atoms with E-state index in [1.54, 1.807) is 20.8 Å². The molecule has 0 spiro atoms. The van der Waals surface area contributed by atoms with Crippen molar-refractivity contribution in [3.05, 3.63) is 0 Å². The highest BCUT2D eigenvalue weighted by molar-refractivity contribution is 6.36. The van der Waals surface area contributed by atoms with Crippen LogP contribution >= 0.6 is 0 Å². The van der Waals surface area contributed by atoms with Crippen molar-refractivity contribution in [1.29, 1.82) is 5.41 Å². The molecule has 0 aliphatic carbocycles. The van der Waals surface area contributed by atoms with Crippen molar-refractivity contribution in [3.63, 3.8) is 0 Å². The third-order valence-electron chi connectivity index (χ3n) is 1.58. The summed E-state index contributed by atoms with van der Waals surface area (Å²) in [5, 5.41) is 7.51. The van der Waals surface area contributed by atoms with Gasteiger partial charge in [-0.25, -0.2) is 4.79 Å². The monoisotopic (exact) mass is 195 g/mol. The first-order valence-electron chi connectivity index (χ1n) is 4.59. The van der Waals surface area contributed by atoms with Crippen LogP contribution in [0.25, 0.3) is 0 Å². The molecule has 1 N–H and O–H groups in total. The Bertz CT molecular complexity index is 268. The zero-order valence-electron chi connectivity index (χ0n) is 9.18. The number of hydrogen-bond donors (Lipinski definition) is 1. The van der Waals surface area contributed by atoms with Crippen LogP contribution in [0.4, 0.5) is 0 Å². The molecule has 0 aromatic rings. The van der Waals surface area contributed by atoms with Gasteiger partial charge in [0.15, 0.2) is 0 Å². The molecule has 0 aliphatic rings. The average molecular weight is 195 g/mol. The normalized spacial score (nSPS) is 12.8. The minimum atomic E-state index is -0.623. The summed E-state index contributed by atoms with van der Waals surface area (Å²) >= 11 is 0.